The van der Waals surface area contributed by atoms with E-state index in [1.54, 1.807) is 43.1 Å². The molecule has 1 unspecified atom stereocenters. The van der Waals surface area contributed by atoms with Crippen molar-refractivity contribution >= 4 is 11.8 Å². The second-order valence-electron chi connectivity index (χ2n) is 8.57. The Hall–Kier alpha value is -3.08. The van der Waals surface area contributed by atoms with Gasteiger partial charge in [0.15, 0.2) is 12.6 Å². The van der Waals surface area contributed by atoms with Crippen molar-refractivity contribution in [3.8, 4) is 23.0 Å². The van der Waals surface area contributed by atoms with Gasteiger partial charge in [-0.3, -0.25) is 0 Å². The number of ether oxygens (including phenoxy) is 6. The van der Waals surface area contributed by atoms with Crippen LogP contribution >= 0.6 is 11.8 Å². The van der Waals surface area contributed by atoms with Crippen LogP contribution in [-0.4, -0.2) is 44.8 Å². The van der Waals surface area contributed by atoms with E-state index < -0.39 is 11.7 Å². The molecule has 0 bridgehead atoms. The average molecular weight is 551 g/mol. The fourth-order valence-electron chi connectivity index (χ4n) is 3.63. The van der Waals surface area contributed by atoms with Crippen LogP contribution in [0.5, 0.6) is 23.0 Å². The fourth-order valence-corrected chi connectivity index (χ4v) is 4.60. The number of thioether (sulfide) groups is 1. The summed E-state index contributed by atoms with van der Waals surface area (Å²) in [5, 5.41) is 0. The van der Waals surface area contributed by atoms with Crippen molar-refractivity contribution in [2.75, 3.05) is 26.1 Å². The molecule has 0 aromatic heterocycles. The molecule has 6 nitrogen and oxygen atoms in total. The molecule has 0 radical (unpaired) electrons. The van der Waals surface area contributed by atoms with Crippen LogP contribution in [0.25, 0.3) is 0 Å². The Morgan fingerprint density at radius 1 is 0.895 bits per heavy atom. The Morgan fingerprint density at radius 2 is 1.55 bits per heavy atom. The van der Waals surface area contributed by atoms with Crippen molar-refractivity contribution < 1.29 is 41.6 Å². The maximum absolute atomic E-state index is 12.9. The number of methoxy groups -OCH3 is 1. The average Bonchev–Trinajstić information content (AvgIpc) is 2.88. The highest BCUT2D eigenvalue weighted by Gasteiger charge is 2.30. The summed E-state index contributed by atoms with van der Waals surface area (Å²) in [5.41, 5.74) is 0.243. The molecule has 204 valence electrons. The number of alkyl halides is 3. The molecule has 0 amide bonds. The lowest BCUT2D eigenvalue weighted by Gasteiger charge is -2.33. The maximum Gasteiger partial charge on any atom is 0.416 e. The highest BCUT2D eigenvalue weighted by atomic mass is 32.2. The second-order valence-corrected chi connectivity index (χ2v) is 9.66. The van der Waals surface area contributed by atoms with Crippen molar-refractivity contribution in [1.29, 1.82) is 0 Å². The van der Waals surface area contributed by atoms with Crippen molar-refractivity contribution in [2.45, 2.75) is 43.6 Å². The molecular weight excluding hydrogens is 521 g/mol. The minimum absolute atomic E-state index is 0.143. The number of hydrogen-bond acceptors (Lipinski definition) is 7. The molecule has 1 heterocycles. The van der Waals surface area contributed by atoms with Gasteiger partial charge in [0, 0.05) is 10.6 Å². The third-order valence-corrected chi connectivity index (χ3v) is 6.75. The number of rotatable bonds is 12. The normalized spacial score (nSPS) is 17.8. The van der Waals surface area contributed by atoms with Gasteiger partial charge in [-0.15, -0.1) is 11.8 Å². The summed E-state index contributed by atoms with van der Waals surface area (Å²) in [7, 11) is 1.58. The molecule has 38 heavy (non-hydrogen) atoms. The van der Waals surface area contributed by atoms with Crippen LogP contribution in [-0.2, 0) is 15.7 Å². The molecule has 1 fully saturated rings. The van der Waals surface area contributed by atoms with E-state index in [-0.39, 0.29) is 25.3 Å². The van der Waals surface area contributed by atoms with Crippen LogP contribution in [0.1, 0.15) is 18.1 Å². The van der Waals surface area contributed by atoms with Gasteiger partial charge in [-0.2, -0.15) is 13.2 Å². The van der Waals surface area contributed by atoms with Gasteiger partial charge in [0.1, 0.15) is 42.3 Å². The zero-order valence-corrected chi connectivity index (χ0v) is 22.0. The fraction of sp³-hybridized carbons (Fsp3) is 0.357. The molecule has 3 aromatic carbocycles. The summed E-state index contributed by atoms with van der Waals surface area (Å²) < 4.78 is 72.3. The molecule has 1 atom stereocenters. The SMILES string of the molecule is COc1ccc(OC(COc2ccc(C(F)(F)F)cc2)CSc2ccc(OCC3OC(C)O3)c(C)c2)cc1. The van der Waals surface area contributed by atoms with Gasteiger partial charge in [0.2, 0.25) is 0 Å². The van der Waals surface area contributed by atoms with Crippen molar-refractivity contribution in [3.05, 3.63) is 77.9 Å². The van der Waals surface area contributed by atoms with Crippen LogP contribution in [0.15, 0.2) is 71.6 Å². The zero-order valence-electron chi connectivity index (χ0n) is 21.2. The van der Waals surface area contributed by atoms with Gasteiger partial charge in [-0.1, -0.05) is 0 Å². The first kappa shape index (κ1) is 27.9. The summed E-state index contributed by atoms with van der Waals surface area (Å²) in [6.45, 7) is 4.25. The Balaban J connectivity index is 1.37. The molecule has 1 aliphatic rings. The number of benzene rings is 3. The van der Waals surface area contributed by atoms with Gasteiger partial charge in [0.25, 0.3) is 0 Å². The Morgan fingerprint density at radius 3 is 2.16 bits per heavy atom. The minimum Gasteiger partial charge on any atom is -0.497 e. The predicted octanol–water partition coefficient (Wildman–Crippen LogP) is 6.74. The van der Waals surface area contributed by atoms with Crippen LogP contribution in [0.2, 0.25) is 0 Å². The molecular formula is C28H29F3O6S. The molecule has 4 rings (SSSR count). The van der Waals surface area contributed by atoms with Crippen molar-refractivity contribution in [1.82, 2.24) is 0 Å². The highest BCUT2D eigenvalue weighted by molar-refractivity contribution is 7.99. The van der Waals surface area contributed by atoms with E-state index >= 15 is 0 Å². The molecule has 0 saturated carbocycles. The summed E-state index contributed by atoms with van der Waals surface area (Å²) in [6, 6.07) is 17.7. The van der Waals surface area contributed by atoms with E-state index in [4.69, 9.17) is 28.4 Å². The summed E-state index contributed by atoms with van der Waals surface area (Å²) in [5.74, 6) is 2.94. The Bertz CT molecular complexity index is 1160. The zero-order chi connectivity index (χ0) is 27.1. The van der Waals surface area contributed by atoms with Crippen LogP contribution < -0.4 is 18.9 Å². The molecule has 1 aliphatic heterocycles. The minimum atomic E-state index is -4.40. The quantitative estimate of drug-likeness (QED) is 0.232. The Kier molecular flexibility index (Phi) is 9.30. The predicted molar refractivity (Wildman–Crippen MR) is 137 cm³/mol. The smallest absolute Gasteiger partial charge is 0.416 e. The summed E-state index contributed by atoms with van der Waals surface area (Å²) in [4.78, 5) is 1.01. The molecule has 3 aromatic rings. The molecule has 0 aliphatic carbocycles. The first-order valence-electron chi connectivity index (χ1n) is 12.0. The van der Waals surface area contributed by atoms with E-state index in [1.165, 1.54) is 12.1 Å². The Labute approximate surface area is 223 Å². The van der Waals surface area contributed by atoms with E-state index in [2.05, 4.69) is 0 Å². The summed E-state index contributed by atoms with van der Waals surface area (Å²) >= 11 is 1.58. The van der Waals surface area contributed by atoms with Gasteiger partial charge < -0.3 is 28.4 Å². The van der Waals surface area contributed by atoms with E-state index in [1.807, 2.05) is 32.0 Å². The van der Waals surface area contributed by atoms with Gasteiger partial charge in [-0.05, 0) is 86.1 Å². The number of hydrogen-bond donors (Lipinski definition) is 0. The van der Waals surface area contributed by atoms with Crippen molar-refractivity contribution in [3.63, 3.8) is 0 Å². The molecule has 1 saturated heterocycles. The lowest BCUT2D eigenvalue weighted by atomic mass is 10.2. The standard InChI is InChI=1S/C28H29F3O6S/c1-18-14-25(12-13-26(18)34-16-27-35-19(2)36-27)38-17-24(37-23-10-8-21(32-3)9-11-23)15-33-22-6-4-20(5-7-22)28(29,30)31/h4-14,19,24,27H,15-17H2,1-3H3. The van der Waals surface area contributed by atoms with Gasteiger partial charge >= 0.3 is 6.18 Å². The molecule has 0 N–H and O–H groups in total. The topological polar surface area (TPSA) is 55.4 Å². The van der Waals surface area contributed by atoms with E-state index in [0.29, 0.717) is 29.6 Å². The van der Waals surface area contributed by atoms with Crippen molar-refractivity contribution in [2.24, 2.45) is 0 Å². The number of halogens is 3. The van der Waals surface area contributed by atoms with E-state index in [9.17, 15) is 13.2 Å². The maximum atomic E-state index is 12.9. The highest BCUT2D eigenvalue weighted by Crippen LogP contribution is 2.31. The lowest BCUT2D eigenvalue weighted by Crippen LogP contribution is -2.42. The largest absolute Gasteiger partial charge is 0.497 e. The molecule has 0 spiro atoms. The third kappa shape index (κ3) is 7.96. The second kappa shape index (κ2) is 12.6. The first-order valence-corrected chi connectivity index (χ1v) is 13.0. The van der Waals surface area contributed by atoms with Gasteiger partial charge in [0.05, 0.1) is 12.7 Å². The van der Waals surface area contributed by atoms with E-state index in [0.717, 1.165) is 28.3 Å². The van der Waals surface area contributed by atoms with Crippen LogP contribution in [0, 0.1) is 6.92 Å². The number of aryl methyl sites for hydroxylation is 1. The molecule has 10 heteroatoms. The lowest BCUT2D eigenvalue weighted by molar-refractivity contribution is -0.380. The monoisotopic (exact) mass is 550 g/mol. The van der Waals surface area contributed by atoms with Crippen LogP contribution in [0.3, 0.4) is 0 Å². The third-order valence-electron chi connectivity index (χ3n) is 5.62. The first-order chi connectivity index (χ1) is 18.2. The summed E-state index contributed by atoms with van der Waals surface area (Å²) in [6.07, 6.45) is -5.33. The van der Waals surface area contributed by atoms with Gasteiger partial charge in [-0.25, -0.2) is 0 Å². The van der Waals surface area contributed by atoms with Crippen LogP contribution in [0.4, 0.5) is 13.2 Å².